The van der Waals surface area contributed by atoms with Gasteiger partial charge in [-0.15, -0.1) is 0 Å². The molecule has 0 aromatic carbocycles. The second kappa shape index (κ2) is 7.20. The molecule has 1 aliphatic rings. The largest absolute Gasteiger partial charge is 0.378 e. The second-order valence-electron chi connectivity index (χ2n) is 6.40. The molecule has 28 heavy (non-hydrogen) atoms. The van der Waals surface area contributed by atoms with Gasteiger partial charge in [0.2, 0.25) is 0 Å². The molecule has 0 bridgehead atoms. The van der Waals surface area contributed by atoms with Crippen molar-refractivity contribution in [2.75, 3.05) is 36.5 Å². The van der Waals surface area contributed by atoms with Crippen LogP contribution in [-0.4, -0.2) is 56.4 Å². The van der Waals surface area contributed by atoms with Gasteiger partial charge in [-0.1, -0.05) is 0 Å². The van der Waals surface area contributed by atoms with E-state index in [1.807, 2.05) is 24.3 Å². The number of nitrogens with one attached hydrogen (secondary N) is 2. The highest BCUT2D eigenvalue weighted by atomic mass is 16.5. The molecule has 1 fully saturated rings. The number of rotatable bonds is 4. The van der Waals surface area contributed by atoms with Crippen LogP contribution in [-0.2, 0) is 4.74 Å². The van der Waals surface area contributed by atoms with Crippen molar-refractivity contribution < 1.29 is 4.74 Å². The third-order valence-electron chi connectivity index (χ3n) is 4.57. The third-order valence-corrected chi connectivity index (χ3v) is 4.57. The Morgan fingerprint density at radius 3 is 2.75 bits per heavy atom. The van der Waals surface area contributed by atoms with Crippen LogP contribution in [0.3, 0.4) is 0 Å². The zero-order chi connectivity index (χ0) is 18.8. The number of aromatic nitrogens is 6. The Morgan fingerprint density at radius 1 is 1.04 bits per heavy atom. The van der Waals surface area contributed by atoms with Gasteiger partial charge in [0.25, 0.3) is 0 Å². The Labute approximate surface area is 160 Å². The fraction of sp³-hybridized carbons (Fsp3) is 0.211. The predicted molar refractivity (Wildman–Crippen MR) is 105 cm³/mol. The molecule has 4 aromatic heterocycles. The summed E-state index contributed by atoms with van der Waals surface area (Å²) < 4.78 is 5.40. The number of ether oxygens (including phenoxy) is 1. The van der Waals surface area contributed by atoms with Crippen molar-refractivity contribution in [3.05, 3.63) is 49.1 Å². The van der Waals surface area contributed by atoms with Crippen molar-refractivity contribution in [3.63, 3.8) is 0 Å². The van der Waals surface area contributed by atoms with Gasteiger partial charge < -0.3 is 15.0 Å². The standard InChI is InChI=1S/C19H18N8O/c1-2-13(10-20-5-1)18-24-15-12-22-26-17(15)19(25-18)23-14-3-4-16(21-11-14)27-6-8-28-9-7-27/h1-5,10-12H,6-9H2,(H,22,26)(H,23,24,25). The van der Waals surface area contributed by atoms with Gasteiger partial charge in [0, 0.05) is 31.0 Å². The van der Waals surface area contributed by atoms with Crippen molar-refractivity contribution in [3.8, 4) is 11.4 Å². The highest BCUT2D eigenvalue weighted by Gasteiger charge is 2.14. The molecule has 5 heterocycles. The molecule has 2 N–H and O–H groups in total. The molecule has 0 radical (unpaired) electrons. The average Bonchev–Trinajstić information content (AvgIpc) is 3.25. The zero-order valence-electron chi connectivity index (χ0n) is 15.0. The molecule has 140 valence electrons. The highest BCUT2D eigenvalue weighted by molar-refractivity contribution is 5.88. The summed E-state index contributed by atoms with van der Waals surface area (Å²) in [7, 11) is 0. The normalized spacial score (nSPS) is 14.4. The summed E-state index contributed by atoms with van der Waals surface area (Å²) >= 11 is 0. The fourth-order valence-corrected chi connectivity index (χ4v) is 3.13. The molecule has 0 aliphatic carbocycles. The lowest BCUT2D eigenvalue weighted by Crippen LogP contribution is -2.36. The quantitative estimate of drug-likeness (QED) is 0.561. The van der Waals surface area contributed by atoms with Crippen molar-refractivity contribution in [2.24, 2.45) is 0 Å². The Hall–Kier alpha value is -3.59. The minimum Gasteiger partial charge on any atom is -0.378 e. The van der Waals surface area contributed by atoms with Gasteiger partial charge in [0.1, 0.15) is 16.9 Å². The maximum atomic E-state index is 5.40. The van der Waals surface area contributed by atoms with E-state index in [2.05, 4.69) is 40.3 Å². The van der Waals surface area contributed by atoms with Crippen molar-refractivity contribution in [2.45, 2.75) is 0 Å². The molecular formula is C19H18N8O. The molecule has 4 aromatic rings. The molecule has 0 atom stereocenters. The SMILES string of the molecule is c1cncc(-c2nc(Nc3ccc(N4CCOCC4)nc3)c3[nH]ncc3n2)c1. The molecule has 0 unspecified atom stereocenters. The maximum absolute atomic E-state index is 5.40. The van der Waals surface area contributed by atoms with Crippen LogP contribution >= 0.6 is 0 Å². The molecule has 1 aliphatic heterocycles. The zero-order valence-corrected chi connectivity index (χ0v) is 15.0. The number of pyridine rings is 2. The Kier molecular flexibility index (Phi) is 4.26. The van der Waals surface area contributed by atoms with E-state index in [0.717, 1.165) is 54.4 Å². The van der Waals surface area contributed by atoms with E-state index in [1.54, 1.807) is 24.8 Å². The Balaban J connectivity index is 1.45. The molecule has 9 nitrogen and oxygen atoms in total. The summed E-state index contributed by atoms with van der Waals surface area (Å²) in [4.78, 5) is 20.2. The number of fused-ring (bicyclic) bond motifs is 1. The van der Waals surface area contributed by atoms with Crippen LogP contribution in [0, 0.1) is 0 Å². The molecule has 9 heteroatoms. The smallest absolute Gasteiger partial charge is 0.163 e. The minimum absolute atomic E-state index is 0.586. The second-order valence-corrected chi connectivity index (χ2v) is 6.40. The maximum Gasteiger partial charge on any atom is 0.163 e. The van der Waals surface area contributed by atoms with Gasteiger partial charge in [0.15, 0.2) is 11.6 Å². The van der Waals surface area contributed by atoms with Gasteiger partial charge in [-0.3, -0.25) is 10.1 Å². The monoisotopic (exact) mass is 374 g/mol. The van der Waals surface area contributed by atoms with Crippen LogP contribution in [0.5, 0.6) is 0 Å². The van der Waals surface area contributed by atoms with Crippen molar-refractivity contribution in [1.82, 2.24) is 30.1 Å². The number of aromatic amines is 1. The summed E-state index contributed by atoms with van der Waals surface area (Å²) in [5.41, 5.74) is 3.15. The Bertz CT molecular complexity index is 1070. The van der Waals surface area contributed by atoms with Crippen LogP contribution < -0.4 is 10.2 Å². The lowest BCUT2D eigenvalue weighted by molar-refractivity contribution is 0.122. The van der Waals surface area contributed by atoms with E-state index < -0.39 is 0 Å². The van der Waals surface area contributed by atoms with Gasteiger partial charge in [-0.25, -0.2) is 15.0 Å². The number of nitrogens with zero attached hydrogens (tertiary/aromatic N) is 6. The topological polar surface area (TPSA) is 105 Å². The van der Waals surface area contributed by atoms with E-state index >= 15 is 0 Å². The third kappa shape index (κ3) is 3.23. The van der Waals surface area contributed by atoms with Crippen LogP contribution in [0.15, 0.2) is 49.1 Å². The van der Waals surface area contributed by atoms with E-state index in [9.17, 15) is 0 Å². The summed E-state index contributed by atoms with van der Waals surface area (Å²) in [5.74, 6) is 2.17. The van der Waals surface area contributed by atoms with Gasteiger partial charge in [0.05, 0.1) is 31.3 Å². The summed E-state index contributed by atoms with van der Waals surface area (Å²) in [6, 6.07) is 7.78. The Morgan fingerprint density at radius 2 is 1.96 bits per heavy atom. The minimum atomic E-state index is 0.586. The molecule has 0 spiro atoms. The van der Waals surface area contributed by atoms with Gasteiger partial charge in [-0.05, 0) is 24.3 Å². The van der Waals surface area contributed by atoms with E-state index in [0.29, 0.717) is 11.6 Å². The van der Waals surface area contributed by atoms with E-state index in [4.69, 9.17) is 4.74 Å². The van der Waals surface area contributed by atoms with Crippen LogP contribution in [0.4, 0.5) is 17.3 Å². The summed E-state index contributed by atoms with van der Waals surface area (Å²) in [5, 5.41) is 10.4. The average molecular weight is 374 g/mol. The lowest BCUT2D eigenvalue weighted by Gasteiger charge is -2.27. The van der Waals surface area contributed by atoms with Crippen molar-refractivity contribution in [1.29, 1.82) is 0 Å². The number of hydrogen-bond donors (Lipinski definition) is 2. The first-order valence-corrected chi connectivity index (χ1v) is 9.04. The van der Waals surface area contributed by atoms with Gasteiger partial charge in [-0.2, -0.15) is 5.10 Å². The lowest BCUT2D eigenvalue weighted by atomic mass is 10.2. The first kappa shape index (κ1) is 16.6. The van der Waals surface area contributed by atoms with Gasteiger partial charge >= 0.3 is 0 Å². The number of hydrogen-bond acceptors (Lipinski definition) is 8. The first-order chi connectivity index (χ1) is 13.9. The molecule has 0 amide bonds. The van der Waals surface area contributed by atoms with Crippen LogP contribution in [0.25, 0.3) is 22.4 Å². The summed E-state index contributed by atoms with van der Waals surface area (Å²) in [6.45, 7) is 3.18. The van der Waals surface area contributed by atoms with E-state index in [1.165, 1.54) is 0 Å². The molecule has 5 rings (SSSR count). The first-order valence-electron chi connectivity index (χ1n) is 9.04. The number of morpholine rings is 1. The molecule has 1 saturated heterocycles. The van der Waals surface area contributed by atoms with Crippen molar-refractivity contribution >= 4 is 28.4 Å². The highest BCUT2D eigenvalue weighted by Crippen LogP contribution is 2.26. The number of H-pyrrole nitrogens is 1. The van der Waals surface area contributed by atoms with Crippen LogP contribution in [0.1, 0.15) is 0 Å². The van der Waals surface area contributed by atoms with Crippen LogP contribution in [0.2, 0.25) is 0 Å². The number of anilines is 3. The molecular weight excluding hydrogens is 356 g/mol. The molecule has 0 saturated carbocycles. The summed E-state index contributed by atoms with van der Waals surface area (Å²) in [6.07, 6.45) is 6.95. The fourth-order valence-electron chi connectivity index (χ4n) is 3.13. The predicted octanol–water partition coefficient (Wildman–Crippen LogP) is 2.39. The van der Waals surface area contributed by atoms with E-state index in [-0.39, 0.29) is 0 Å².